The van der Waals surface area contributed by atoms with Gasteiger partial charge in [-0.1, -0.05) is 41.0 Å². The summed E-state index contributed by atoms with van der Waals surface area (Å²) in [7, 11) is 0. The molecule has 0 radical (unpaired) electrons. The number of benzene rings is 1. The fraction of sp³-hybridized carbons (Fsp3) is 0.0714. The number of hydrogen-bond acceptors (Lipinski definition) is 4. The average Bonchev–Trinajstić information content (AvgIpc) is 3.19. The van der Waals surface area contributed by atoms with Crippen LogP contribution in [-0.2, 0) is 4.79 Å². The number of halogens is 2. The zero-order chi connectivity index (χ0) is 16.2. The zero-order valence-corrected chi connectivity index (χ0v) is 14.0. The maximum atomic E-state index is 12.1. The zero-order valence-electron chi connectivity index (χ0n) is 11.7. The van der Waals surface area contributed by atoms with E-state index in [4.69, 9.17) is 23.2 Å². The maximum absolute atomic E-state index is 12.1. The summed E-state index contributed by atoms with van der Waals surface area (Å²) in [6, 6.07) is 8.83. The number of para-hydroxylation sites is 1. The van der Waals surface area contributed by atoms with Gasteiger partial charge in [-0.25, -0.2) is 4.68 Å². The predicted octanol–water partition coefficient (Wildman–Crippen LogP) is 3.43. The van der Waals surface area contributed by atoms with Crippen LogP contribution in [0.1, 0.15) is 0 Å². The van der Waals surface area contributed by atoms with Crippen molar-refractivity contribution in [2.45, 2.75) is 5.16 Å². The molecule has 23 heavy (non-hydrogen) atoms. The SMILES string of the molecule is O=C(CSc1nncn1-n1cccc1)Nc1c(Cl)cccc1Cl. The number of carbonyl (C=O) groups excluding carboxylic acids is 1. The van der Waals surface area contributed by atoms with Gasteiger partial charge in [0.25, 0.3) is 0 Å². The second kappa shape index (κ2) is 7.08. The van der Waals surface area contributed by atoms with Crippen molar-refractivity contribution in [3.05, 3.63) is 59.1 Å². The second-order valence-electron chi connectivity index (χ2n) is 4.45. The molecule has 0 spiro atoms. The van der Waals surface area contributed by atoms with Gasteiger partial charge in [-0.05, 0) is 24.3 Å². The molecular formula is C14H11Cl2N5OS. The third-order valence-electron chi connectivity index (χ3n) is 2.90. The molecule has 0 saturated carbocycles. The third-order valence-corrected chi connectivity index (χ3v) is 4.46. The molecule has 1 amide bonds. The molecule has 9 heteroatoms. The second-order valence-corrected chi connectivity index (χ2v) is 6.21. The van der Waals surface area contributed by atoms with E-state index in [1.54, 1.807) is 29.2 Å². The molecule has 0 atom stereocenters. The standard InChI is InChI=1S/C14H11Cl2N5OS/c15-10-4-3-5-11(16)13(10)18-12(22)8-23-14-19-17-9-21(14)20-6-1-2-7-20/h1-7,9H,8H2,(H,18,22). The maximum Gasteiger partial charge on any atom is 0.234 e. The normalized spacial score (nSPS) is 10.7. The van der Waals surface area contributed by atoms with Crippen molar-refractivity contribution >= 4 is 46.6 Å². The Morgan fingerprint density at radius 2 is 1.87 bits per heavy atom. The number of rotatable bonds is 5. The number of carbonyl (C=O) groups is 1. The molecule has 2 heterocycles. The van der Waals surface area contributed by atoms with Gasteiger partial charge in [-0.15, -0.1) is 10.2 Å². The van der Waals surface area contributed by atoms with Crippen LogP contribution in [0.5, 0.6) is 0 Å². The topological polar surface area (TPSA) is 64.7 Å². The van der Waals surface area contributed by atoms with E-state index in [-0.39, 0.29) is 11.7 Å². The van der Waals surface area contributed by atoms with Crippen molar-refractivity contribution in [3.63, 3.8) is 0 Å². The lowest BCUT2D eigenvalue weighted by Crippen LogP contribution is -2.16. The van der Waals surface area contributed by atoms with Crippen molar-refractivity contribution < 1.29 is 4.79 Å². The Morgan fingerprint density at radius 3 is 2.57 bits per heavy atom. The summed E-state index contributed by atoms with van der Waals surface area (Å²) in [5.41, 5.74) is 0.410. The first-order valence-corrected chi connectivity index (χ1v) is 8.29. The summed E-state index contributed by atoms with van der Waals surface area (Å²) in [6.45, 7) is 0. The number of thioether (sulfide) groups is 1. The van der Waals surface area contributed by atoms with Gasteiger partial charge >= 0.3 is 0 Å². The fourth-order valence-electron chi connectivity index (χ4n) is 1.86. The molecule has 1 aromatic carbocycles. The highest BCUT2D eigenvalue weighted by molar-refractivity contribution is 7.99. The Labute approximate surface area is 146 Å². The highest BCUT2D eigenvalue weighted by Crippen LogP contribution is 2.30. The van der Waals surface area contributed by atoms with Gasteiger partial charge < -0.3 is 5.32 Å². The lowest BCUT2D eigenvalue weighted by atomic mass is 10.3. The number of nitrogens with zero attached hydrogens (tertiary/aromatic N) is 4. The number of nitrogens with one attached hydrogen (secondary N) is 1. The molecule has 0 aliphatic heterocycles. The summed E-state index contributed by atoms with van der Waals surface area (Å²) >= 11 is 13.3. The van der Waals surface area contributed by atoms with Gasteiger partial charge in [0.15, 0.2) is 0 Å². The first kappa shape index (κ1) is 15.9. The van der Waals surface area contributed by atoms with Crippen molar-refractivity contribution in [2.75, 3.05) is 11.1 Å². The van der Waals surface area contributed by atoms with Crippen LogP contribution in [0.4, 0.5) is 5.69 Å². The summed E-state index contributed by atoms with van der Waals surface area (Å²) in [5, 5.41) is 12.0. The molecule has 0 aliphatic rings. The van der Waals surface area contributed by atoms with Gasteiger partial charge in [-0.2, -0.15) is 0 Å². The van der Waals surface area contributed by atoms with E-state index in [1.165, 1.54) is 11.8 Å². The minimum absolute atomic E-state index is 0.154. The van der Waals surface area contributed by atoms with E-state index in [9.17, 15) is 4.79 Å². The first-order valence-electron chi connectivity index (χ1n) is 6.55. The molecule has 0 saturated heterocycles. The summed E-state index contributed by atoms with van der Waals surface area (Å²) in [4.78, 5) is 12.1. The van der Waals surface area contributed by atoms with Crippen molar-refractivity contribution in [1.29, 1.82) is 0 Å². The van der Waals surface area contributed by atoms with Gasteiger partial charge in [-0.3, -0.25) is 9.47 Å². The number of anilines is 1. The van der Waals surface area contributed by atoms with Crippen LogP contribution in [-0.4, -0.2) is 31.2 Å². The predicted molar refractivity (Wildman–Crippen MR) is 91.1 cm³/mol. The Balaban J connectivity index is 1.65. The summed E-state index contributed by atoms with van der Waals surface area (Å²) < 4.78 is 3.55. The van der Waals surface area contributed by atoms with Crippen LogP contribution in [0, 0.1) is 0 Å². The molecule has 3 aromatic rings. The van der Waals surface area contributed by atoms with Crippen LogP contribution in [0.25, 0.3) is 0 Å². The molecular weight excluding hydrogens is 357 g/mol. The van der Waals surface area contributed by atoms with Crippen LogP contribution in [0.3, 0.4) is 0 Å². The number of aromatic nitrogens is 4. The lowest BCUT2D eigenvalue weighted by Gasteiger charge is -2.09. The molecule has 118 valence electrons. The lowest BCUT2D eigenvalue weighted by molar-refractivity contribution is -0.113. The van der Waals surface area contributed by atoms with Crippen LogP contribution < -0.4 is 5.32 Å². The van der Waals surface area contributed by atoms with Crippen LogP contribution in [0.15, 0.2) is 54.2 Å². The monoisotopic (exact) mass is 367 g/mol. The Hall–Kier alpha value is -1.96. The van der Waals surface area contributed by atoms with Gasteiger partial charge in [0.2, 0.25) is 11.1 Å². The van der Waals surface area contributed by atoms with Crippen molar-refractivity contribution in [3.8, 4) is 0 Å². The Kier molecular flexibility index (Phi) is 4.90. The third kappa shape index (κ3) is 3.69. The van der Waals surface area contributed by atoms with Crippen molar-refractivity contribution in [1.82, 2.24) is 19.5 Å². The smallest absolute Gasteiger partial charge is 0.234 e. The summed E-state index contributed by atoms with van der Waals surface area (Å²) in [6.07, 6.45) is 5.29. The van der Waals surface area contributed by atoms with Gasteiger partial charge in [0.05, 0.1) is 21.5 Å². The molecule has 0 unspecified atom stereocenters. The Morgan fingerprint density at radius 1 is 1.17 bits per heavy atom. The Bertz CT molecular complexity index is 798. The fourth-order valence-corrected chi connectivity index (χ4v) is 3.07. The number of hydrogen-bond donors (Lipinski definition) is 1. The highest BCUT2D eigenvalue weighted by atomic mass is 35.5. The average molecular weight is 368 g/mol. The molecule has 3 rings (SSSR count). The van der Waals surface area contributed by atoms with E-state index in [1.807, 2.05) is 29.2 Å². The molecule has 2 aromatic heterocycles. The molecule has 6 nitrogen and oxygen atoms in total. The highest BCUT2D eigenvalue weighted by Gasteiger charge is 2.12. The first-order chi connectivity index (χ1) is 11.1. The number of amides is 1. The molecule has 0 bridgehead atoms. The van der Waals surface area contributed by atoms with E-state index < -0.39 is 0 Å². The van der Waals surface area contributed by atoms with E-state index in [0.29, 0.717) is 20.9 Å². The molecule has 0 aliphatic carbocycles. The minimum atomic E-state index is -0.230. The van der Waals surface area contributed by atoms with Crippen LogP contribution in [0.2, 0.25) is 10.0 Å². The largest absolute Gasteiger partial charge is 0.323 e. The molecule has 1 N–H and O–H groups in total. The van der Waals surface area contributed by atoms with Crippen molar-refractivity contribution in [2.24, 2.45) is 0 Å². The molecule has 0 fully saturated rings. The minimum Gasteiger partial charge on any atom is -0.323 e. The van der Waals surface area contributed by atoms with Crippen LogP contribution >= 0.6 is 35.0 Å². The quantitative estimate of drug-likeness (QED) is 0.701. The van der Waals surface area contributed by atoms with E-state index in [0.717, 1.165) is 0 Å². The van der Waals surface area contributed by atoms with E-state index in [2.05, 4.69) is 15.5 Å². The van der Waals surface area contributed by atoms with E-state index >= 15 is 0 Å². The van der Waals surface area contributed by atoms with Gasteiger partial charge in [0, 0.05) is 12.4 Å². The van der Waals surface area contributed by atoms with Gasteiger partial charge in [0.1, 0.15) is 6.33 Å². The summed E-state index contributed by atoms with van der Waals surface area (Å²) in [5.74, 6) is -0.0753.